The van der Waals surface area contributed by atoms with Crippen LogP contribution in [-0.4, -0.2) is 15.3 Å². The van der Waals surface area contributed by atoms with Crippen molar-refractivity contribution in [1.29, 1.82) is 0 Å². The van der Waals surface area contributed by atoms with Gasteiger partial charge in [0.15, 0.2) is 5.78 Å². The molecule has 110 valence electrons. The number of benzene rings is 1. The van der Waals surface area contributed by atoms with Crippen molar-refractivity contribution in [2.45, 2.75) is 26.3 Å². The zero-order valence-electron chi connectivity index (χ0n) is 11.7. The molecular weight excluding hydrogens is 292 g/mol. The summed E-state index contributed by atoms with van der Waals surface area (Å²) in [5.74, 6) is -0.225. The average Bonchev–Trinajstić information content (AvgIpc) is 2.43. The summed E-state index contributed by atoms with van der Waals surface area (Å²) in [6, 6.07) is 8.31. The van der Waals surface area contributed by atoms with E-state index in [1.807, 2.05) is 0 Å². The fourth-order valence-electron chi connectivity index (χ4n) is 2.07. The number of carbonyl (C=O) groups is 1. The van der Waals surface area contributed by atoms with Gasteiger partial charge in [-0.25, -0.2) is 4.79 Å². The molecule has 0 fully saturated rings. The number of nitrogens with zero attached hydrogens (tertiary/aromatic N) is 1. The Labute approximate surface area is 126 Å². The second kappa shape index (κ2) is 6.10. The number of ketones is 1. The molecule has 1 aromatic carbocycles. The molecular formula is C15H15ClN2O3. The quantitative estimate of drug-likeness (QED) is 0.695. The summed E-state index contributed by atoms with van der Waals surface area (Å²) in [5, 5.41) is -0.0776. The van der Waals surface area contributed by atoms with Gasteiger partial charge in [0.1, 0.15) is 5.15 Å². The van der Waals surface area contributed by atoms with Crippen molar-refractivity contribution in [2.75, 3.05) is 0 Å². The molecule has 1 aromatic heterocycles. The third-order valence-electron chi connectivity index (χ3n) is 3.13. The molecule has 0 bridgehead atoms. The highest BCUT2D eigenvalue weighted by atomic mass is 35.5. The highest BCUT2D eigenvalue weighted by molar-refractivity contribution is 6.30. The van der Waals surface area contributed by atoms with Gasteiger partial charge in [0.25, 0.3) is 5.56 Å². The minimum atomic E-state index is -0.573. The van der Waals surface area contributed by atoms with Gasteiger partial charge in [-0.1, -0.05) is 41.9 Å². The topological polar surface area (TPSA) is 71.9 Å². The number of rotatable bonds is 4. The zero-order valence-corrected chi connectivity index (χ0v) is 12.5. The van der Waals surface area contributed by atoms with Crippen LogP contribution in [0.2, 0.25) is 5.15 Å². The first-order valence-corrected chi connectivity index (χ1v) is 6.91. The highest BCUT2D eigenvalue weighted by Gasteiger charge is 2.18. The van der Waals surface area contributed by atoms with Gasteiger partial charge in [-0.2, -0.15) is 0 Å². The molecule has 0 unspecified atom stereocenters. The maximum Gasteiger partial charge on any atom is 0.329 e. The summed E-state index contributed by atoms with van der Waals surface area (Å²) in [7, 11) is 0. The number of H-pyrrole nitrogens is 1. The van der Waals surface area contributed by atoms with Crippen molar-refractivity contribution in [2.24, 2.45) is 0 Å². The Kier molecular flexibility index (Phi) is 4.43. The monoisotopic (exact) mass is 306 g/mol. The van der Waals surface area contributed by atoms with Crippen LogP contribution >= 0.6 is 11.6 Å². The SMILES string of the molecule is CC(C)n1c(=O)[nH]c(Cl)c(CC(=O)c2ccccc2)c1=O. The van der Waals surface area contributed by atoms with Gasteiger partial charge in [-0.3, -0.25) is 19.1 Å². The lowest BCUT2D eigenvalue weighted by molar-refractivity contribution is 0.0992. The Balaban J connectivity index is 2.46. The van der Waals surface area contributed by atoms with Gasteiger partial charge in [0.2, 0.25) is 0 Å². The molecule has 0 aliphatic rings. The van der Waals surface area contributed by atoms with E-state index >= 15 is 0 Å². The van der Waals surface area contributed by atoms with Crippen LogP contribution in [0, 0.1) is 0 Å². The molecule has 2 rings (SSSR count). The van der Waals surface area contributed by atoms with Gasteiger partial charge in [-0.15, -0.1) is 0 Å². The van der Waals surface area contributed by atoms with Crippen molar-refractivity contribution in [3.8, 4) is 0 Å². The standard InChI is InChI=1S/C15H15ClN2O3/c1-9(2)18-14(20)11(13(16)17-15(18)21)8-12(19)10-6-4-3-5-7-10/h3-7,9H,8H2,1-2H3,(H,17,21). The molecule has 5 nitrogen and oxygen atoms in total. The normalized spacial score (nSPS) is 10.9. The smallest absolute Gasteiger partial charge is 0.297 e. The highest BCUT2D eigenvalue weighted by Crippen LogP contribution is 2.11. The number of hydrogen-bond donors (Lipinski definition) is 1. The van der Waals surface area contributed by atoms with Gasteiger partial charge in [0, 0.05) is 18.0 Å². The molecule has 0 saturated heterocycles. The lowest BCUT2D eigenvalue weighted by Gasteiger charge is -2.11. The molecule has 0 saturated carbocycles. The molecule has 6 heteroatoms. The van der Waals surface area contributed by atoms with Gasteiger partial charge >= 0.3 is 5.69 Å². The fourth-order valence-corrected chi connectivity index (χ4v) is 2.30. The van der Waals surface area contributed by atoms with Gasteiger partial charge in [0.05, 0.1) is 5.56 Å². The van der Waals surface area contributed by atoms with E-state index in [0.717, 1.165) is 4.57 Å². The van der Waals surface area contributed by atoms with Gasteiger partial charge < -0.3 is 0 Å². The van der Waals surface area contributed by atoms with Crippen LogP contribution in [0.15, 0.2) is 39.9 Å². The van der Waals surface area contributed by atoms with E-state index in [1.54, 1.807) is 44.2 Å². The summed E-state index contributed by atoms with van der Waals surface area (Å²) in [4.78, 5) is 38.7. The van der Waals surface area contributed by atoms with E-state index in [-0.39, 0.29) is 29.0 Å². The second-order valence-corrected chi connectivity index (χ2v) is 5.34. The lowest BCUT2D eigenvalue weighted by atomic mass is 10.1. The maximum atomic E-state index is 12.3. The van der Waals surface area contributed by atoms with E-state index in [1.165, 1.54) is 0 Å². The Morgan fingerprint density at radius 3 is 2.43 bits per heavy atom. The largest absolute Gasteiger partial charge is 0.329 e. The molecule has 0 spiro atoms. The summed E-state index contributed by atoms with van der Waals surface area (Å²) < 4.78 is 1.06. The van der Waals surface area contributed by atoms with Crippen LogP contribution in [0.4, 0.5) is 0 Å². The Hall–Kier alpha value is -2.14. The first-order valence-electron chi connectivity index (χ1n) is 6.53. The summed E-state index contributed by atoms with van der Waals surface area (Å²) in [6.45, 7) is 3.43. The molecule has 0 amide bonds. The van der Waals surface area contributed by atoms with Crippen molar-refractivity contribution >= 4 is 17.4 Å². The lowest BCUT2D eigenvalue weighted by Crippen LogP contribution is -2.39. The number of halogens is 1. The minimum absolute atomic E-state index is 0.0776. The molecule has 0 atom stereocenters. The van der Waals surface area contributed by atoms with E-state index in [9.17, 15) is 14.4 Å². The van der Waals surface area contributed by atoms with E-state index in [0.29, 0.717) is 5.56 Å². The average molecular weight is 307 g/mol. The first-order chi connectivity index (χ1) is 9.91. The summed E-state index contributed by atoms with van der Waals surface area (Å²) >= 11 is 5.92. The van der Waals surface area contributed by atoms with E-state index < -0.39 is 11.2 Å². The van der Waals surface area contributed by atoms with Crippen LogP contribution < -0.4 is 11.2 Å². The maximum absolute atomic E-state index is 12.3. The fraction of sp³-hybridized carbons (Fsp3) is 0.267. The molecule has 1 N–H and O–H groups in total. The third-order valence-corrected chi connectivity index (χ3v) is 3.45. The predicted octanol–water partition coefficient (Wildman–Crippen LogP) is 2.20. The van der Waals surface area contributed by atoms with Crippen molar-refractivity contribution in [3.63, 3.8) is 0 Å². The van der Waals surface area contributed by atoms with Crippen molar-refractivity contribution < 1.29 is 4.79 Å². The number of aromatic nitrogens is 2. The molecule has 0 radical (unpaired) electrons. The molecule has 0 aliphatic carbocycles. The van der Waals surface area contributed by atoms with E-state index in [2.05, 4.69) is 4.98 Å². The minimum Gasteiger partial charge on any atom is -0.297 e. The molecule has 2 aromatic rings. The molecule has 0 aliphatic heterocycles. The number of Topliss-reactive ketones (excluding diaryl/α,β-unsaturated/α-hetero) is 1. The molecule has 1 heterocycles. The number of carbonyl (C=O) groups excluding carboxylic acids is 1. The van der Waals surface area contributed by atoms with Crippen LogP contribution in [-0.2, 0) is 6.42 Å². The van der Waals surface area contributed by atoms with Gasteiger partial charge in [-0.05, 0) is 13.8 Å². The Morgan fingerprint density at radius 1 is 1.24 bits per heavy atom. The summed E-state index contributed by atoms with van der Waals surface area (Å²) in [5.41, 5.74) is -0.493. The van der Waals surface area contributed by atoms with Crippen LogP contribution in [0.5, 0.6) is 0 Å². The van der Waals surface area contributed by atoms with Crippen LogP contribution in [0.3, 0.4) is 0 Å². The molecule has 21 heavy (non-hydrogen) atoms. The van der Waals surface area contributed by atoms with Crippen molar-refractivity contribution in [3.05, 3.63) is 67.4 Å². The number of aromatic amines is 1. The van der Waals surface area contributed by atoms with E-state index in [4.69, 9.17) is 11.6 Å². The van der Waals surface area contributed by atoms with Crippen LogP contribution in [0.1, 0.15) is 35.8 Å². The Morgan fingerprint density at radius 2 is 1.86 bits per heavy atom. The van der Waals surface area contributed by atoms with Crippen LogP contribution in [0.25, 0.3) is 0 Å². The second-order valence-electron chi connectivity index (χ2n) is 4.96. The van der Waals surface area contributed by atoms with Crippen molar-refractivity contribution in [1.82, 2.24) is 9.55 Å². The number of hydrogen-bond acceptors (Lipinski definition) is 3. The zero-order chi connectivity index (χ0) is 15.6. The third kappa shape index (κ3) is 3.13. The summed E-state index contributed by atoms with van der Waals surface area (Å²) in [6.07, 6.45) is -0.148. The predicted molar refractivity (Wildman–Crippen MR) is 81.2 cm³/mol. The number of nitrogens with one attached hydrogen (secondary N) is 1. The first kappa shape index (κ1) is 15.3. The Bertz CT molecular complexity index is 776.